The standard InChI is InChI=1S/C20H23NO4/c1-14(8-9-16-6-4-3-5-7-16)21-19(23)15(2)25-20(24)17-10-12-18(22)13-11-17/h3-7,10-15,22H,8-9H2,1-2H3,(H,21,23)/t14-,15-/m0/s1. The second-order valence-electron chi connectivity index (χ2n) is 6.03. The molecule has 1 amide bonds. The lowest BCUT2D eigenvalue weighted by molar-refractivity contribution is -0.129. The van der Waals surface area contributed by atoms with Crippen LogP contribution in [-0.4, -0.2) is 29.1 Å². The first-order chi connectivity index (χ1) is 12.0. The Morgan fingerprint density at radius 3 is 2.32 bits per heavy atom. The number of phenols is 1. The number of amides is 1. The number of carbonyl (C=O) groups is 2. The summed E-state index contributed by atoms with van der Waals surface area (Å²) in [5.41, 5.74) is 1.50. The van der Waals surface area contributed by atoms with Gasteiger partial charge in [0, 0.05) is 6.04 Å². The molecule has 0 unspecified atom stereocenters. The number of hydrogen-bond acceptors (Lipinski definition) is 4. The predicted molar refractivity (Wildman–Crippen MR) is 95.4 cm³/mol. The van der Waals surface area contributed by atoms with E-state index < -0.39 is 12.1 Å². The highest BCUT2D eigenvalue weighted by Crippen LogP contribution is 2.11. The third-order valence-electron chi connectivity index (χ3n) is 3.85. The molecule has 0 saturated heterocycles. The fraction of sp³-hybridized carbons (Fsp3) is 0.300. The molecule has 0 heterocycles. The Labute approximate surface area is 147 Å². The van der Waals surface area contributed by atoms with Gasteiger partial charge in [-0.25, -0.2) is 4.79 Å². The van der Waals surface area contributed by atoms with E-state index in [-0.39, 0.29) is 23.3 Å². The van der Waals surface area contributed by atoms with E-state index in [4.69, 9.17) is 4.74 Å². The Balaban J connectivity index is 1.79. The van der Waals surface area contributed by atoms with E-state index in [2.05, 4.69) is 17.4 Å². The third kappa shape index (κ3) is 5.95. The minimum absolute atomic E-state index is 0.0254. The Kier molecular flexibility index (Phi) is 6.57. The Bertz CT molecular complexity index is 697. The SMILES string of the molecule is C[C@H](OC(=O)c1ccc(O)cc1)C(=O)N[C@@H](C)CCc1ccccc1. The summed E-state index contributed by atoms with van der Waals surface area (Å²) in [5, 5.41) is 12.1. The Morgan fingerprint density at radius 1 is 1.04 bits per heavy atom. The second-order valence-corrected chi connectivity index (χ2v) is 6.03. The maximum absolute atomic E-state index is 12.2. The molecule has 25 heavy (non-hydrogen) atoms. The van der Waals surface area contributed by atoms with Gasteiger partial charge in [-0.05, 0) is 56.5 Å². The van der Waals surface area contributed by atoms with E-state index in [1.807, 2.05) is 25.1 Å². The van der Waals surface area contributed by atoms with Gasteiger partial charge in [-0.3, -0.25) is 4.79 Å². The zero-order valence-corrected chi connectivity index (χ0v) is 14.4. The van der Waals surface area contributed by atoms with Crippen LogP contribution in [0.15, 0.2) is 54.6 Å². The van der Waals surface area contributed by atoms with Crippen molar-refractivity contribution in [3.63, 3.8) is 0 Å². The molecule has 0 fully saturated rings. The quantitative estimate of drug-likeness (QED) is 0.759. The second kappa shape index (κ2) is 8.87. The molecule has 0 aliphatic rings. The molecule has 0 aliphatic carbocycles. The van der Waals surface area contributed by atoms with Gasteiger partial charge in [-0.2, -0.15) is 0 Å². The zero-order chi connectivity index (χ0) is 18.2. The molecule has 0 saturated carbocycles. The Morgan fingerprint density at radius 2 is 1.68 bits per heavy atom. The molecular weight excluding hydrogens is 318 g/mol. The van der Waals surface area contributed by atoms with Gasteiger partial charge in [0.1, 0.15) is 5.75 Å². The summed E-state index contributed by atoms with van der Waals surface area (Å²) in [6.45, 7) is 3.47. The smallest absolute Gasteiger partial charge is 0.338 e. The summed E-state index contributed by atoms with van der Waals surface area (Å²) in [6.07, 6.45) is 0.777. The van der Waals surface area contributed by atoms with Crippen LogP contribution in [0.25, 0.3) is 0 Å². The van der Waals surface area contributed by atoms with Crippen molar-refractivity contribution < 1.29 is 19.4 Å². The molecule has 2 N–H and O–H groups in total. The van der Waals surface area contributed by atoms with E-state index in [9.17, 15) is 14.7 Å². The monoisotopic (exact) mass is 341 g/mol. The van der Waals surface area contributed by atoms with E-state index in [0.717, 1.165) is 12.8 Å². The first-order valence-corrected chi connectivity index (χ1v) is 8.30. The summed E-state index contributed by atoms with van der Waals surface area (Å²) < 4.78 is 5.17. The van der Waals surface area contributed by atoms with Gasteiger partial charge in [0.2, 0.25) is 0 Å². The van der Waals surface area contributed by atoms with Crippen LogP contribution in [0.1, 0.15) is 36.2 Å². The largest absolute Gasteiger partial charge is 0.508 e. The number of esters is 1. The molecular formula is C20H23NO4. The third-order valence-corrected chi connectivity index (χ3v) is 3.85. The minimum atomic E-state index is -0.888. The molecule has 2 aromatic carbocycles. The Hall–Kier alpha value is -2.82. The van der Waals surface area contributed by atoms with E-state index in [1.165, 1.54) is 36.8 Å². The molecule has 0 spiro atoms. The molecule has 0 bridgehead atoms. The molecule has 5 heteroatoms. The first kappa shape index (κ1) is 18.5. The number of hydrogen-bond donors (Lipinski definition) is 2. The maximum atomic E-state index is 12.2. The lowest BCUT2D eigenvalue weighted by Gasteiger charge is -2.18. The van der Waals surface area contributed by atoms with Gasteiger partial charge in [0.15, 0.2) is 6.10 Å². The number of phenolic OH excluding ortho intramolecular Hbond substituents is 1. The van der Waals surface area contributed by atoms with Crippen molar-refractivity contribution >= 4 is 11.9 Å². The highest BCUT2D eigenvalue weighted by atomic mass is 16.5. The predicted octanol–water partition coefficient (Wildman–Crippen LogP) is 3.08. The number of carbonyl (C=O) groups excluding carboxylic acids is 2. The van der Waals surface area contributed by atoms with Crippen LogP contribution < -0.4 is 5.32 Å². The maximum Gasteiger partial charge on any atom is 0.338 e. The summed E-state index contributed by atoms with van der Waals surface area (Å²) in [4.78, 5) is 24.1. The van der Waals surface area contributed by atoms with Crippen LogP contribution in [-0.2, 0) is 16.0 Å². The van der Waals surface area contributed by atoms with Gasteiger partial charge in [-0.15, -0.1) is 0 Å². The van der Waals surface area contributed by atoms with Gasteiger partial charge < -0.3 is 15.2 Å². The summed E-state index contributed by atoms with van der Waals surface area (Å²) in [6, 6.07) is 15.7. The number of aromatic hydroxyl groups is 1. The highest BCUT2D eigenvalue weighted by Gasteiger charge is 2.20. The van der Waals surface area contributed by atoms with Crippen LogP contribution >= 0.6 is 0 Å². The fourth-order valence-electron chi connectivity index (χ4n) is 2.34. The summed E-state index contributed by atoms with van der Waals surface area (Å²) >= 11 is 0. The molecule has 0 radical (unpaired) electrons. The van der Waals surface area contributed by atoms with Crippen molar-refractivity contribution in [3.8, 4) is 5.75 Å². The molecule has 0 aliphatic heterocycles. The lowest BCUT2D eigenvalue weighted by Crippen LogP contribution is -2.41. The van der Waals surface area contributed by atoms with Gasteiger partial charge in [0.25, 0.3) is 5.91 Å². The average molecular weight is 341 g/mol. The molecule has 0 aromatic heterocycles. The summed E-state index contributed by atoms with van der Waals surface area (Å²) in [7, 11) is 0. The number of rotatable bonds is 7. The first-order valence-electron chi connectivity index (χ1n) is 8.30. The van der Waals surface area contributed by atoms with Crippen LogP contribution in [0.2, 0.25) is 0 Å². The van der Waals surface area contributed by atoms with Crippen molar-refractivity contribution in [2.75, 3.05) is 0 Å². The number of ether oxygens (including phenoxy) is 1. The van der Waals surface area contributed by atoms with Crippen LogP contribution in [0.3, 0.4) is 0 Å². The molecule has 2 aromatic rings. The molecule has 5 nitrogen and oxygen atoms in total. The van der Waals surface area contributed by atoms with E-state index in [0.29, 0.717) is 0 Å². The highest BCUT2D eigenvalue weighted by molar-refractivity contribution is 5.92. The molecule has 2 atom stereocenters. The van der Waals surface area contributed by atoms with Gasteiger partial charge in [0.05, 0.1) is 5.56 Å². The summed E-state index contributed by atoms with van der Waals surface area (Å²) in [5.74, 6) is -0.859. The van der Waals surface area contributed by atoms with Crippen LogP contribution in [0.4, 0.5) is 0 Å². The van der Waals surface area contributed by atoms with Crippen LogP contribution in [0.5, 0.6) is 5.75 Å². The van der Waals surface area contributed by atoms with E-state index in [1.54, 1.807) is 0 Å². The van der Waals surface area contributed by atoms with Crippen molar-refractivity contribution in [1.29, 1.82) is 0 Å². The topological polar surface area (TPSA) is 75.6 Å². The van der Waals surface area contributed by atoms with Crippen molar-refractivity contribution in [2.24, 2.45) is 0 Å². The normalized spacial score (nSPS) is 12.9. The zero-order valence-electron chi connectivity index (χ0n) is 14.4. The van der Waals surface area contributed by atoms with Gasteiger partial charge >= 0.3 is 5.97 Å². The lowest BCUT2D eigenvalue weighted by atomic mass is 10.1. The van der Waals surface area contributed by atoms with Crippen LogP contribution in [0, 0.1) is 0 Å². The number of nitrogens with one attached hydrogen (secondary N) is 1. The average Bonchev–Trinajstić information content (AvgIpc) is 2.61. The molecule has 132 valence electrons. The number of aryl methyl sites for hydroxylation is 1. The van der Waals surface area contributed by atoms with Crippen molar-refractivity contribution in [2.45, 2.75) is 38.8 Å². The van der Waals surface area contributed by atoms with Gasteiger partial charge in [-0.1, -0.05) is 30.3 Å². The minimum Gasteiger partial charge on any atom is -0.508 e. The number of benzene rings is 2. The molecule has 2 rings (SSSR count). The van der Waals surface area contributed by atoms with Crippen molar-refractivity contribution in [1.82, 2.24) is 5.32 Å². The fourth-order valence-corrected chi connectivity index (χ4v) is 2.34. The van der Waals surface area contributed by atoms with Crippen molar-refractivity contribution in [3.05, 3.63) is 65.7 Å². The van der Waals surface area contributed by atoms with E-state index >= 15 is 0 Å².